The van der Waals surface area contributed by atoms with Crippen LogP contribution >= 0.6 is 0 Å². The smallest absolute Gasteiger partial charge is 0.259 e. The minimum Gasteiger partial charge on any atom is -0.507 e. The first-order chi connectivity index (χ1) is 9.11. The number of aromatic hydroxyl groups is 1. The number of rotatable bonds is 3. The molecule has 5 nitrogen and oxygen atoms in total. The third kappa shape index (κ3) is 2.82. The Hall–Kier alpha value is -2.56. The number of phenols is 1. The number of nitrogens with one attached hydrogen (secondary N) is 1. The summed E-state index contributed by atoms with van der Waals surface area (Å²) < 4.78 is 4.97. The van der Waals surface area contributed by atoms with Crippen LogP contribution in [0.25, 0.3) is 0 Å². The van der Waals surface area contributed by atoms with E-state index in [1.165, 1.54) is 19.2 Å². The molecule has 2 rings (SSSR count). The number of phenolic OH excluding ortho intramolecular Hbond substituents is 1. The lowest BCUT2D eigenvalue weighted by molar-refractivity contribution is 0.102. The van der Waals surface area contributed by atoms with E-state index >= 15 is 0 Å². The molecule has 5 heteroatoms. The maximum atomic E-state index is 12.0. The number of aryl methyl sites for hydroxylation is 1. The van der Waals surface area contributed by atoms with Crippen molar-refractivity contribution in [2.75, 3.05) is 12.4 Å². The van der Waals surface area contributed by atoms with Crippen LogP contribution in [0, 0.1) is 6.92 Å². The normalized spacial score (nSPS) is 10.0. The van der Waals surface area contributed by atoms with E-state index in [0.29, 0.717) is 17.1 Å². The number of pyridine rings is 1. The van der Waals surface area contributed by atoms with Crippen molar-refractivity contribution in [3.05, 3.63) is 47.8 Å². The second-order valence-electron chi connectivity index (χ2n) is 3.97. The van der Waals surface area contributed by atoms with Crippen LogP contribution in [0.1, 0.15) is 16.1 Å². The highest BCUT2D eigenvalue weighted by Gasteiger charge is 2.13. The highest BCUT2D eigenvalue weighted by molar-refractivity contribution is 6.06. The van der Waals surface area contributed by atoms with Gasteiger partial charge in [-0.25, -0.2) is 0 Å². The molecule has 1 aromatic heterocycles. The van der Waals surface area contributed by atoms with E-state index in [1.54, 1.807) is 31.3 Å². The third-order valence-electron chi connectivity index (χ3n) is 2.70. The lowest BCUT2D eigenvalue weighted by atomic mass is 10.1. The van der Waals surface area contributed by atoms with Gasteiger partial charge in [-0.3, -0.25) is 9.78 Å². The van der Waals surface area contributed by atoms with E-state index in [-0.39, 0.29) is 11.3 Å². The van der Waals surface area contributed by atoms with E-state index in [9.17, 15) is 9.90 Å². The molecule has 2 N–H and O–H groups in total. The fourth-order valence-corrected chi connectivity index (χ4v) is 1.64. The van der Waals surface area contributed by atoms with Gasteiger partial charge in [0.05, 0.1) is 24.1 Å². The molecule has 1 aromatic carbocycles. The maximum absolute atomic E-state index is 12.0. The molecule has 1 amide bonds. The minimum atomic E-state index is -0.392. The molecule has 0 saturated carbocycles. The SMILES string of the molecule is COc1ccc(C(=O)Nc2cccnc2C)c(O)c1. The topological polar surface area (TPSA) is 71.5 Å². The van der Waals surface area contributed by atoms with Crippen LogP contribution in [0.4, 0.5) is 5.69 Å². The standard InChI is InChI=1S/C14H14N2O3/c1-9-12(4-3-7-15-9)16-14(18)11-6-5-10(19-2)8-13(11)17/h3-8,17H,1-2H3,(H,16,18). The molecule has 0 aliphatic rings. The summed E-state index contributed by atoms with van der Waals surface area (Å²) in [5, 5.41) is 12.5. The largest absolute Gasteiger partial charge is 0.507 e. The zero-order valence-electron chi connectivity index (χ0n) is 10.7. The van der Waals surface area contributed by atoms with E-state index in [0.717, 1.165) is 0 Å². The molecule has 0 fully saturated rings. The summed E-state index contributed by atoms with van der Waals surface area (Å²) in [6.07, 6.45) is 1.65. The molecular weight excluding hydrogens is 244 g/mol. The molecule has 2 aromatic rings. The Morgan fingerprint density at radius 1 is 1.37 bits per heavy atom. The molecule has 0 saturated heterocycles. The van der Waals surface area contributed by atoms with Crippen LogP contribution in [0.5, 0.6) is 11.5 Å². The van der Waals surface area contributed by atoms with Gasteiger partial charge in [0, 0.05) is 12.3 Å². The van der Waals surface area contributed by atoms with Crippen LogP contribution in [0.15, 0.2) is 36.5 Å². The van der Waals surface area contributed by atoms with Gasteiger partial charge in [0.25, 0.3) is 5.91 Å². The van der Waals surface area contributed by atoms with Gasteiger partial charge >= 0.3 is 0 Å². The number of amides is 1. The fraction of sp³-hybridized carbons (Fsp3) is 0.143. The number of carbonyl (C=O) groups excluding carboxylic acids is 1. The summed E-state index contributed by atoms with van der Waals surface area (Å²) in [5.74, 6) is -0.0266. The highest BCUT2D eigenvalue weighted by atomic mass is 16.5. The average Bonchev–Trinajstić information content (AvgIpc) is 2.41. The van der Waals surface area contributed by atoms with Crippen molar-refractivity contribution in [2.24, 2.45) is 0 Å². The Balaban J connectivity index is 2.23. The van der Waals surface area contributed by atoms with Gasteiger partial charge < -0.3 is 15.2 Å². The van der Waals surface area contributed by atoms with Gasteiger partial charge in [-0.15, -0.1) is 0 Å². The number of benzene rings is 1. The summed E-state index contributed by atoms with van der Waals surface area (Å²) in [7, 11) is 1.49. The Morgan fingerprint density at radius 3 is 2.79 bits per heavy atom. The number of carbonyl (C=O) groups is 1. The molecular formula is C14H14N2O3. The first-order valence-corrected chi connectivity index (χ1v) is 5.72. The number of aromatic nitrogens is 1. The molecule has 98 valence electrons. The van der Waals surface area contributed by atoms with Crippen LogP contribution in [0.2, 0.25) is 0 Å². The van der Waals surface area contributed by atoms with Crippen molar-refractivity contribution in [2.45, 2.75) is 6.92 Å². The highest BCUT2D eigenvalue weighted by Crippen LogP contribution is 2.24. The van der Waals surface area contributed by atoms with Crippen molar-refractivity contribution < 1.29 is 14.6 Å². The number of methoxy groups -OCH3 is 1. The fourth-order valence-electron chi connectivity index (χ4n) is 1.64. The van der Waals surface area contributed by atoms with Crippen molar-refractivity contribution in [3.8, 4) is 11.5 Å². The summed E-state index contributed by atoms with van der Waals surface area (Å²) in [5.41, 5.74) is 1.51. The number of ether oxygens (including phenoxy) is 1. The van der Waals surface area contributed by atoms with Crippen molar-refractivity contribution in [3.63, 3.8) is 0 Å². The van der Waals surface area contributed by atoms with Crippen LogP contribution < -0.4 is 10.1 Å². The first-order valence-electron chi connectivity index (χ1n) is 5.72. The summed E-state index contributed by atoms with van der Waals surface area (Å²) >= 11 is 0. The molecule has 0 aliphatic heterocycles. The second-order valence-corrected chi connectivity index (χ2v) is 3.97. The van der Waals surface area contributed by atoms with E-state index < -0.39 is 5.91 Å². The molecule has 0 unspecified atom stereocenters. The Bertz CT molecular complexity index is 611. The van der Waals surface area contributed by atoms with Crippen LogP contribution in [-0.2, 0) is 0 Å². The third-order valence-corrected chi connectivity index (χ3v) is 2.70. The Kier molecular flexibility index (Phi) is 3.66. The number of hydrogen-bond donors (Lipinski definition) is 2. The molecule has 0 spiro atoms. The Morgan fingerprint density at radius 2 is 2.16 bits per heavy atom. The monoisotopic (exact) mass is 258 g/mol. The molecule has 0 atom stereocenters. The van der Waals surface area contributed by atoms with Crippen LogP contribution in [0.3, 0.4) is 0 Å². The van der Waals surface area contributed by atoms with Gasteiger partial charge in [-0.1, -0.05) is 0 Å². The van der Waals surface area contributed by atoms with Crippen molar-refractivity contribution >= 4 is 11.6 Å². The number of hydrogen-bond acceptors (Lipinski definition) is 4. The van der Waals surface area contributed by atoms with E-state index in [4.69, 9.17) is 4.74 Å². The van der Waals surface area contributed by atoms with Crippen molar-refractivity contribution in [1.29, 1.82) is 0 Å². The number of nitrogens with zero attached hydrogens (tertiary/aromatic N) is 1. The minimum absolute atomic E-state index is 0.126. The lowest BCUT2D eigenvalue weighted by Crippen LogP contribution is -2.13. The van der Waals surface area contributed by atoms with Gasteiger partial charge in [-0.05, 0) is 31.2 Å². The van der Waals surface area contributed by atoms with Gasteiger partial charge in [0.15, 0.2) is 0 Å². The Labute approximate surface area is 110 Å². The molecule has 19 heavy (non-hydrogen) atoms. The zero-order chi connectivity index (χ0) is 13.8. The lowest BCUT2D eigenvalue weighted by Gasteiger charge is -2.09. The van der Waals surface area contributed by atoms with Gasteiger partial charge in [-0.2, -0.15) is 0 Å². The van der Waals surface area contributed by atoms with Gasteiger partial charge in [0.1, 0.15) is 11.5 Å². The number of anilines is 1. The predicted molar refractivity (Wildman–Crippen MR) is 71.6 cm³/mol. The molecule has 1 heterocycles. The summed E-state index contributed by atoms with van der Waals surface area (Å²) in [6.45, 7) is 1.80. The molecule has 0 aliphatic carbocycles. The quantitative estimate of drug-likeness (QED) is 0.886. The second kappa shape index (κ2) is 5.39. The zero-order valence-corrected chi connectivity index (χ0v) is 10.7. The van der Waals surface area contributed by atoms with Crippen LogP contribution in [-0.4, -0.2) is 23.1 Å². The molecule has 0 radical (unpaired) electrons. The average molecular weight is 258 g/mol. The van der Waals surface area contributed by atoms with E-state index in [2.05, 4.69) is 10.3 Å². The van der Waals surface area contributed by atoms with E-state index in [1.807, 2.05) is 0 Å². The summed E-state index contributed by atoms with van der Waals surface area (Å²) in [4.78, 5) is 16.1. The predicted octanol–water partition coefficient (Wildman–Crippen LogP) is 2.36. The maximum Gasteiger partial charge on any atom is 0.259 e. The first kappa shape index (κ1) is 12.9. The van der Waals surface area contributed by atoms with Crippen molar-refractivity contribution in [1.82, 2.24) is 4.98 Å². The summed E-state index contributed by atoms with van der Waals surface area (Å²) in [6, 6.07) is 8.00. The van der Waals surface area contributed by atoms with Gasteiger partial charge in [0.2, 0.25) is 0 Å². The molecule has 0 bridgehead atoms.